The van der Waals surface area contributed by atoms with Crippen molar-refractivity contribution in [3.63, 3.8) is 0 Å². The van der Waals surface area contributed by atoms with Crippen molar-refractivity contribution in [2.75, 3.05) is 0 Å². The largest absolute Gasteiger partial charge is 0.459 e. The lowest BCUT2D eigenvalue weighted by molar-refractivity contribution is -0.189. The molecule has 2 heteroatoms. The highest BCUT2D eigenvalue weighted by Crippen LogP contribution is 2.32. The third-order valence-electron chi connectivity index (χ3n) is 2.69. The second-order valence-electron chi connectivity index (χ2n) is 4.26. The lowest BCUT2D eigenvalue weighted by Crippen LogP contribution is -2.44. The number of carbonyl (C=O) groups is 1. The number of ether oxygens (including phenoxy) is 1. The minimum absolute atomic E-state index is 0.0314. The Morgan fingerprint density at radius 1 is 1.31 bits per heavy atom. The van der Waals surface area contributed by atoms with Crippen LogP contribution >= 0.6 is 0 Å². The van der Waals surface area contributed by atoms with Crippen LogP contribution < -0.4 is 0 Å². The van der Waals surface area contributed by atoms with Gasteiger partial charge in [-0.25, -0.2) is 0 Å². The lowest BCUT2D eigenvalue weighted by Gasteiger charge is -2.37. The van der Waals surface area contributed by atoms with E-state index in [1.165, 1.54) is 32.1 Å². The first kappa shape index (κ1) is 10.6. The molecule has 13 heavy (non-hydrogen) atoms. The van der Waals surface area contributed by atoms with Crippen LogP contribution in [0, 0.1) is 0 Å². The maximum absolute atomic E-state index is 10.6. The quantitative estimate of drug-likeness (QED) is 0.468. The van der Waals surface area contributed by atoms with Gasteiger partial charge in [-0.3, -0.25) is 4.79 Å². The molecule has 0 aromatic heterocycles. The minimum atomic E-state index is -0.108. The van der Waals surface area contributed by atoms with Gasteiger partial charge in [-0.2, -0.15) is 0 Å². The number of cyclic esters (lactones) is 1. The van der Waals surface area contributed by atoms with Crippen molar-refractivity contribution < 1.29 is 9.53 Å². The second kappa shape index (κ2) is 4.64. The van der Waals surface area contributed by atoms with Crippen LogP contribution in [-0.4, -0.2) is 11.6 Å². The van der Waals surface area contributed by atoms with Crippen LogP contribution in [0.15, 0.2) is 0 Å². The number of hydrogen-bond acceptors (Lipinski definition) is 2. The van der Waals surface area contributed by atoms with Gasteiger partial charge in [0.2, 0.25) is 0 Å². The van der Waals surface area contributed by atoms with E-state index in [-0.39, 0.29) is 11.6 Å². The topological polar surface area (TPSA) is 26.3 Å². The van der Waals surface area contributed by atoms with E-state index in [0.717, 1.165) is 6.42 Å². The van der Waals surface area contributed by atoms with Gasteiger partial charge in [0.05, 0.1) is 6.42 Å². The summed E-state index contributed by atoms with van der Waals surface area (Å²) >= 11 is 0. The van der Waals surface area contributed by atoms with Crippen molar-refractivity contribution in [2.24, 2.45) is 0 Å². The first-order valence-electron chi connectivity index (χ1n) is 5.38. The predicted molar refractivity (Wildman–Crippen MR) is 52.5 cm³/mol. The summed E-state index contributed by atoms with van der Waals surface area (Å²) in [7, 11) is 0. The van der Waals surface area contributed by atoms with E-state index < -0.39 is 0 Å². The minimum Gasteiger partial charge on any atom is -0.459 e. The predicted octanol–water partition coefficient (Wildman–Crippen LogP) is 3.05. The van der Waals surface area contributed by atoms with Crippen LogP contribution in [0.3, 0.4) is 0 Å². The summed E-state index contributed by atoms with van der Waals surface area (Å²) in [6, 6.07) is 0. The molecule has 1 atom stereocenters. The van der Waals surface area contributed by atoms with Crippen LogP contribution in [0.25, 0.3) is 0 Å². The van der Waals surface area contributed by atoms with E-state index in [1.54, 1.807) is 0 Å². The Labute approximate surface area is 80.7 Å². The Morgan fingerprint density at radius 2 is 1.92 bits per heavy atom. The van der Waals surface area contributed by atoms with Crippen LogP contribution in [0.2, 0.25) is 0 Å². The van der Waals surface area contributed by atoms with Gasteiger partial charge in [-0.05, 0) is 19.8 Å². The molecule has 1 unspecified atom stereocenters. The molecule has 0 aromatic rings. The van der Waals surface area contributed by atoms with Crippen molar-refractivity contribution in [2.45, 2.75) is 64.4 Å². The number of esters is 1. The molecule has 0 N–H and O–H groups in total. The molecule has 1 heterocycles. The molecule has 0 saturated carbocycles. The van der Waals surface area contributed by atoms with Crippen molar-refractivity contribution >= 4 is 5.97 Å². The molecule has 1 fully saturated rings. The van der Waals surface area contributed by atoms with Gasteiger partial charge in [-0.1, -0.05) is 32.6 Å². The maximum Gasteiger partial charge on any atom is 0.310 e. The number of hydrogen-bond donors (Lipinski definition) is 0. The van der Waals surface area contributed by atoms with Crippen LogP contribution in [0.1, 0.15) is 58.8 Å². The fourth-order valence-electron chi connectivity index (χ4n) is 1.81. The molecule has 1 saturated heterocycles. The fraction of sp³-hybridized carbons (Fsp3) is 0.909. The average Bonchev–Trinajstić information content (AvgIpc) is 2.02. The maximum atomic E-state index is 10.6. The van der Waals surface area contributed by atoms with Crippen molar-refractivity contribution in [3.05, 3.63) is 0 Å². The van der Waals surface area contributed by atoms with Crippen molar-refractivity contribution in [1.29, 1.82) is 0 Å². The van der Waals surface area contributed by atoms with E-state index in [0.29, 0.717) is 6.42 Å². The van der Waals surface area contributed by atoms with E-state index in [2.05, 4.69) is 6.92 Å². The van der Waals surface area contributed by atoms with E-state index in [4.69, 9.17) is 4.74 Å². The van der Waals surface area contributed by atoms with Gasteiger partial charge in [0.1, 0.15) is 5.60 Å². The molecule has 0 aromatic carbocycles. The molecule has 1 aliphatic rings. The highest BCUT2D eigenvalue weighted by atomic mass is 16.6. The molecule has 0 amide bonds. The Balaban J connectivity index is 1.97. The third kappa shape index (κ3) is 3.37. The SMILES string of the molecule is CCCCCCCC1(C)CC(=O)O1. The first-order valence-corrected chi connectivity index (χ1v) is 5.38. The highest BCUT2D eigenvalue weighted by Gasteiger charge is 2.40. The molecule has 1 rings (SSSR count). The van der Waals surface area contributed by atoms with Crippen LogP contribution in [0.5, 0.6) is 0 Å². The summed E-state index contributed by atoms with van der Waals surface area (Å²) in [4.78, 5) is 10.6. The van der Waals surface area contributed by atoms with Crippen molar-refractivity contribution in [3.8, 4) is 0 Å². The smallest absolute Gasteiger partial charge is 0.310 e. The fourth-order valence-corrected chi connectivity index (χ4v) is 1.81. The number of unbranched alkanes of at least 4 members (excludes halogenated alkanes) is 4. The average molecular weight is 184 g/mol. The van der Waals surface area contributed by atoms with Crippen molar-refractivity contribution in [1.82, 2.24) is 0 Å². The third-order valence-corrected chi connectivity index (χ3v) is 2.69. The Kier molecular flexibility index (Phi) is 3.76. The zero-order valence-corrected chi connectivity index (χ0v) is 8.77. The lowest BCUT2D eigenvalue weighted by atomic mass is 9.90. The van der Waals surface area contributed by atoms with E-state index >= 15 is 0 Å². The molecule has 76 valence electrons. The summed E-state index contributed by atoms with van der Waals surface area (Å²) in [5.41, 5.74) is -0.108. The molecule has 0 bridgehead atoms. The summed E-state index contributed by atoms with van der Waals surface area (Å²) in [6.07, 6.45) is 8.08. The van der Waals surface area contributed by atoms with Gasteiger partial charge in [-0.15, -0.1) is 0 Å². The number of carbonyl (C=O) groups excluding carboxylic acids is 1. The van der Waals surface area contributed by atoms with E-state index in [9.17, 15) is 4.79 Å². The van der Waals surface area contributed by atoms with Gasteiger partial charge in [0.15, 0.2) is 0 Å². The molecule has 1 aliphatic heterocycles. The summed E-state index contributed by atoms with van der Waals surface area (Å²) in [5.74, 6) is -0.0314. The molecule has 0 aliphatic carbocycles. The van der Waals surface area contributed by atoms with Gasteiger partial charge in [0.25, 0.3) is 0 Å². The standard InChI is InChI=1S/C11H20O2/c1-3-4-5-6-7-8-11(2)9-10(12)13-11/h3-9H2,1-2H3. The molecule has 0 radical (unpaired) electrons. The first-order chi connectivity index (χ1) is 6.16. The molecule has 0 spiro atoms. The van der Waals surface area contributed by atoms with Crippen LogP contribution in [-0.2, 0) is 9.53 Å². The second-order valence-corrected chi connectivity index (χ2v) is 4.26. The molecule has 2 nitrogen and oxygen atoms in total. The summed E-state index contributed by atoms with van der Waals surface area (Å²) < 4.78 is 5.09. The highest BCUT2D eigenvalue weighted by molar-refractivity contribution is 5.76. The van der Waals surface area contributed by atoms with Gasteiger partial charge >= 0.3 is 5.97 Å². The molecular weight excluding hydrogens is 164 g/mol. The normalized spacial score (nSPS) is 26.8. The Morgan fingerprint density at radius 3 is 2.46 bits per heavy atom. The zero-order chi connectivity index (χ0) is 9.73. The monoisotopic (exact) mass is 184 g/mol. The van der Waals surface area contributed by atoms with Gasteiger partial charge < -0.3 is 4.74 Å². The van der Waals surface area contributed by atoms with Crippen LogP contribution in [0.4, 0.5) is 0 Å². The van der Waals surface area contributed by atoms with E-state index in [1.807, 2.05) is 6.92 Å². The summed E-state index contributed by atoms with van der Waals surface area (Å²) in [5, 5.41) is 0. The molecular formula is C11H20O2. The summed E-state index contributed by atoms with van der Waals surface area (Å²) in [6.45, 7) is 4.25. The van der Waals surface area contributed by atoms with Gasteiger partial charge in [0, 0.05) is 0 Å². The zero-order valence-electron chi connectivity index (χ0n) is 8.77. The Hall–Kier alpha value is -0.530. The Bertz CT molecular complexity index is 167. The number of rotatable bonds is 6.